The van der Waals surface area contributed by atoms with E-state index < -0.39 is 5.41 Å². The lowest BCUT2D eigenvalue weighted by Gasteiger charge is -2.29. The maximum Gasteiger partial charge on any atom is 0.240 e. The minimum Gasteiger partial charge on any atom is -0.381 e. The van der Waals surface area contributed by atoms with Gasteiger partial charge in [-0.15, -0.1) is 0 Å². The van der Waals surface area contributed by atoms with Crippen LogP contribution in [0.2, 0.25) is 0 Å². The van der Waals surface area contributed by atoms with E-state index in [1.165, 1.54) is 0 Å². The van der Waals surface area contributed by atoms with E-state index in [2.05, 4.69) is 21.5 Å². The van der Waals surface area contributed by atoms with Crippen molar-refractivity contribution >= 4 is 5.91 Å². The fraction of sp³-hybridized carbons (Fsp3) is 0.667. The summed E-state index contributed by atoms with van der Waals surface area (Å²) < 4.78 is 6.82. The van der Waals surface area contributed by atoms with E-state index >= 15 is 0 Å². The fourth-order valence-corrected chi connectivity index (χ4v) is 2.06. The first-order valence-electron chi connectivity index (χ1n) is 6.28. The number of nitrogens with zero attached hydrogens (tertiary/aromatic N) is 4. The van der Waals surface area contributed by atoms with Crippen molar-refractivity contribution in [3.8, 4) is 6.07 Å². The van der Waals surface area contributed by atoms with Gasteiger partial charge in [0.2, 0.25) is 5.91 Å². The molecule has 1 aliphatic rings. The lowest BCUT2D eigenvalue weighted by molar-refractivity contribution is -0.132. The molecule has 0 saturated carbocycles. The molecule has 1 amide bonds. The Labute approximate surface area is 111 Å². The van der Waals surface area contributed by atoms with Crippen LogP contribution in [0.3, 0.4) is 0 Å². The van der Waals surface area contributed by atoms with Gasteiger partial charge in [0.25, 0.3) is 0 Å². The van der Waals surface area contributed by atoms with Crippen LogP contribution in [0.15, 0.2) is 6.33 Å². The van der Waals surface area contributed by atoms with Gasteiger partial charge in [0.15, 0.2) is 5.82 Å². The van der Waals surface area contributed by atoms with Crippen molar-refractivity contribution in [2.24, 2.45) is 12.5 Å². The largest absolute Gasteiger partial charge is 0.381 e. The maximum absolute atomic E-state index is 12.1. The monoisotopic (exact) mass is 263 g/mol. The first-order chi connectivity index (χ1) is 9.16. The molecule has 1 saturated heterocycles. The smallest absolute Gasteiger partial charge is 0.240 e. The molecule has 0 spiro atoms. The van der Waals surface area contributed by atoms with Crippen molar-refractivity contribution in [3.63, 3.8) is 0 Å². The molecular weight excluding hydrogens is 246 g/mol. The van der Waals surface area contributed by atoms with E-state index in [-0.39, 0.29) is 5.91 Å². The Balaban J connectivity index is 1.85. The second-order valence-corrected chi connectivity index (χ2v) is 4.65. The number of carbonyl (C=O) groups excluding carboxylic acids is 1. The molecule has 2 rings (SSSR count). The molecule has 1 N–H and O–H groups in total. The van der Waals surface area contributed by atoms with Crippen LogP contribution in [0.4, 0.5) is 0 Å². The van der Waals surface area contributed by atoms with Gasteiger partial charge < -0.3 is 10.1 Å². The van der Waals surface area contributed by atoms with Crippen molar-refractivity contribution in [1.82, 2.24) is 20.1 Å². The van der Waals surface area contributed by atoms with Crippen LogP contribution >= 0.6 is 0 Å². The fourth-order valence-electron chi connectivity index (χ4n) is 2.06. The molecule has 1 aromatic rings. The third kappa shape index (κ3) is 3.09. The first kappa shape index (κ1) is 13.5. The van der Waals surface area contributed by atoms with Crippen LogP contribution in [-0.4, -0.2) is 40.4 Å². The molecule has 2 heterocycles. The second-order valence-electron chi connectivity index (χ2n) is 4.65. The predicted octanol–water partition coefficient (Wildman–Crippen LogP) is -0.206. The molecule has 0 aliphatic carbocycles. The van der Waals surface area contributed by atoms with Gasteiger partial charge in [0.1, 0.15) is 11.7 Å². The highest BCUT2D eigenvalue weighted by atomic mass is 16.5. The SMILES string of the molecule is Cn1cnc(CCNC(=O)C2(C#N)CCOCC2)n1. The maximum atomic E-state index is 12.1. The molecule has 0 radical (unpaired) electrons. The topological polar surface area (TPSA) is 92.8 Å². The minimum atomic E-state index is -0.935. The summed E-state index contributed by atoms with van der Waals surface area (Å²) >= 11 is 0. The summed E-state index contributed by atoms with van der Waals surface area (Å²) in [6.45, 7) is 1.36. The van der Waals surface area contributed by atoms with Crippen molar-refractivity contribution < 1.29 is 9.53 Å². The van der Waals surface area contributed by atoms with Crippen molar-refractivity contribution in [3.05, 3.63) is 12.2 Å². The van der Waals surface area contributed by atoms with E-state index in [1.807, 2.05) is 0 Å². The van der Waals surface area contributed by atoms with Crippen LogP contribution < -0.4 is 5.32 Å². The third-order valence-electron chi connectivity index (χ3n) is 3.28. The number of aromatic nitrogens is 3. The number of carbonyl (C=O) groups is 1. The lowest BCUT2D eigenvalue weighted by atomic mass is 9.81. The molecule has 7 heteroatoms. The van der Waals surface area contributed by atoms with Crippen LogP contribution in [0.1, 0.15) is 18.7 Å². The Bertz CT molecular complexity index is 485. The molecule has 7 nitrogen and oxygen atoms in total. The number of hydrogen-bond donors (Lipinski definition) is 1. The number of rotatable bonds is 4. The summed E-state index contributed by atoms with van der Waals surface area (Å²) in [5.74, 6) is 0.468. The molecule has 1 aromatic heterocycles. The van der Waals surface area contributed by atoms with Gasteiger partial charge in [0.05, 0.1) is 6.07 Å². The van der Waals surface area contributed by atoms with Gasteiger partial charge in [0, 0.05) is 33.2 Å². The Morgan fingerprint density at radius 2 is 2.37 bits per heavy atom. The van der Waals surface area contributed by atoms with Gasteiger partial charge >= 0.3 is 0 Å². The van der Waals surface area contributed by atoms with Crippen molar-refractivity contribution in [1.29, 1.82) is 5.26 Å². The quantitative estimate of drug-likeness (QED) is 0.811. The zero-order valence-corrected chi connectivity index (χ0v) is 10.9. The Kier molecular flexibility index (Phi) is 4.12. The van der Waals surface area contributed by atoms with Crippen molar-refractivity contribution in [2.75, 3.05) is 19.8 Å². The average molecular weight is 263 g/mol. The molecule has 1 aliphatic heterocycles. The van der Waals surface area contributed by atoms with Gasteiger partial charge in [-0.2, -0.15) is 10.4 Å². The summed E-state index contributed by atoms with van der Waals surface area (Å²) in [7, 11) is 1.79. The minimum absolute atomic E-state index is 0.214. The zero-order valence-electron chi connectivity index (χ0n) is 10.9. The van der Waals surface area contributed by atoms with E-state index in [4.69, 9.17) is 4.74 Å². The molecular formula is C12H17N5O2. The van der Waals surface area contributed by atoms with E-state index in [9.17, 15) is 10.1 Å². The summed E-state index contributed by atoms with van der Waals surface area (Å²) in [4.78, 5) is 16.2. The zero-order chi connectivity index (χ0) is 13.7. The Morgan fingerprint density at radius 1 is 1.63 bits per heavy atom. The molecule has 0 atom stereocenters. The predicted molar refractivity (Wildman–Crippen MR) is 65.8 cm³/mol. The highest BCUT2D eigenvalue weighted by Gasteiger charge is 2.40. The number of aryl methyl sites for hydroxylation is 1. The number of nitriles is 1. The molecule has 1 fully saturated rings. The number of ether oxygens (including phenoxy) is 1. The van der Waals surface area contributed by atoms with Gasteiger partial charge in [-0.1, -0.05) is 0 Å². The molecule has 19 heavy (non-hydrogen) atoms. The van der Waals surface area contributed by atoms with Crippen LogP contribution in [-0.2, 0) is 23.0 Å². The number of amides is 1. The van der Waals surface area contributed by atoms with Crippen LogP contribution in [0.25, 0.3) is 0 Å². The highest BCUT2D eigenvalue weighted by Crippen LogP contribution is 2.29. The first-order valence-corrected chi connectivity index (χ1v) is 6.28. The van der Waals surface area contributed by atoms with E-state index in [1.54, 1.807) is 18.1 Å². The Morgan fingerprint density at radius 3 is 2.95 bits per heavy atom. The Hall–Kier alpha value is -1.94. The van der Waals surface area contributed by atoms with Gasteiger partial charge in [-0.25, -0.2) is 4.98 Å². The standard InChI is InChI=1S/C12H17N5O2/c1-17-9-15-10(16-17)2-5-14-11(18)12(8-13)3-6-19-7-4-12/h9H,2-7H2,1H3,(H,14,18). The van der Waals surface area contributed by atoms with E-state index in [0.29, 0.717) is 44.8 Å². The van der Waals surface area contributed by atoms with Crippen molar-refractivity contribution in [2.45, 2.75) is 19.3 Å². The summed E-state index contributed by atoms with van der Waals surface area (Å²) in [6.07, 6.45) is 3.09. The average Bonchev–Trinajstić information content (AvgIpc) is 2.85. The molecule has 0 aromatic carbocycles. The van der Waals surface area contributed by atoms with E-state index in [0.717, 1.165) is 0 Å². The highest BCUT2D eigenvalue weighted by molar-refractivity contribution is 5.85. The van der Waals surface area contributed by atoms with Gasteiger partial charge in [-0.3, -0.25) is 9.48 Å². The van der Waals surface area contributed by atoms with Crippen LogP contribution in [0.5, 0.6) is 0 Å². The number of nitrogens with one attached hydrogen (secondary N) is 1. The normalized spacial score (nSPS) is 17.7. The van der Waals surface area contributed by atoms with Crippen LogP contribution in [0, 0.1) is 16.7 Å². The second kappa shape index (κ2) is 5.80. The molecule has 0 unspecified atom stereocenters. The summed E-state index contributed by atoms with van der Waals surface area (Å²) in [6, 6.07) is 2.14. The summed E-state index contributed by atoms with van der Waals surface area (Å²) in [5.41, 5.74) is -0.935. The lowest BCUT2D eigenvalue weighted by Crippen LogP contribution is -2.44. The number of hydrogen-bond acceptors (Lipinski definition) is 5. The summed E-state index contributed by atoms with van der Waals surface area (Å²) in [5, 5.41) is 16.2. The molecule has 102 valence electrons. The third-order valence-corrected chi connectivity index (χ3v) is 3.28. The van der Waals surface area contributed by atoms with Gasteiger partial charge in [-0.05, 0) is 12.8 Å². The molecule has 0 bridgehead atoms.